The van der Waals surface area contributed by atoms with Crippen molar-refractivity contribution < 1.29 is 0 Å². The van der Waals surface area contributed by atoms with Gasteiger partial charge in [0.05, 0.1) is 6.17 Å². The summed E-state index contributed by atoms with van der Waals surface area (Å²) in [5, 5.41) is 7.79. The average molecular weight is 320 g/mol. The van der Waals surface area contributed by atoms with Crippen molar-refractivity contribution in [3.63, 3.8) is 0 Å². The number of hydrogen-bond acceptors (Lipinski definition) is 2. The molecule has 2 N–H and O–H groups in total. The molecule has 4 rings (SSSR count). The summed E-state index contributed by atoms with van der Waals surface area (Å²) < 4.78 is 0. The fourth-order valence-electron chi connectivity index (χ4n) is 4.80. The van der Waals surface area contributed by atoms with Crippen molar-refractivity contribution in [1.29, 1.82) is 0 Å². The zero-order valence-electron chi connectivity index (χ0n) is 14.7. The Bertz CT molecular complexity index is 595. The molecule has 2 aliphatic heterocycles. The summed E-state index contributed by atoms with van der Waals surface area (Å²) in [7, 11) is 0. The Kier molecular flexibility index (Phi) is 4.43. The van der Waals surface area contributed by atoms with E-state index in [0.717, 1.165) is 0 Å². The monoisotopic (exact) mass is 320 g/mol. The van der Waals surface area contributed by atoms with Gasteiger partial charge >= 0.3 is 0 Å². The molecule has 0 bridgehead atoms. The highest BCUT2D eigenvalue weighted by Crippen LogP contribution is 2.41. The SMILES string of the molecule is CC1CC2CC(c3ccccc3)C(C)NC2NC1c1ccccc1. The van der Waals surface area contributed by atoms with Gasteiger partial charge in [-0.05, 0) is 48.6 Å². The van der Waals surface area contributed by atoms with Gasteiger partial charge < -0.3 is 0 Å². The Morgan fingerprint density at radius 3 is 2.04 bits per heavy atom. The molecule has 6 atom stereocenters. The third-order valence-electron chi connectivity index (χ3n) is 6.06. The standard InChI is InChI=1S/C22H28N2/c1-15-13-19-14-20(17-9-5-3-6-10-17)16(2)23-22(19)24-21(15)18-11-7-4-8-12-18/h3-12,15-16,19-24H,13-14H2,1-2H3. The van der Waals surface area contributed by atoms with E-state index in [-0.39, 0.29) is 0 Å². The van der Waals surface area contributed by atoms with E-state index in [4.69, 9.17) is 0 Å². The first-order chi connectivity index (χ1) is 11.7. The molecule has 2 nitrogen and oxygen atoms in total. The molecule has 2 aliphatic rings. The van der Waals surface area contributed by atoms with Crippen LogP contribution in [0.2, 0.25) is 0 Å². The minimum atomic E-state index is 0.432. The van der Waals surface area contributed by atoms with Gasteiger partial charge in [0.2, 0.25) is 0 Å². The van der Waals surface area contributed by atoms with Gasteiger partial charge in [-0.1, -0.05) is 67.6 Å². The molecular formula is C22H28N2. The summed E-state index contributed by atoms with van der Waals surface area (Å²) in [6.45, 7) is 4.74. The second kappa shape index (κ2) is 6.70. The fourth-order valence-corrected chi connectivity index (χ4v) is 4.80. The third kappa shape index (κ3) is 3.01. The lowest BCUT2D eigenvalue weighted by Gasteiger charge is -2.49. The number of nitrogens with one attached hydrogen (secondary N) is 2. The van der Waals surface area contributed by atoms with Crippen LogP contribution < -0.4 is 10.6 Å². The molecule has 2 heterocycles. The summed E-state index contributed by atoms with van der Waals surface area (Å²) in [4.78, 5) is 0. The van der Waals surface area contributed by atoms with Crippen LogP contribution in [0.15, 0.2) is 60.7 Å². The Hall–Kier alpha value is -1.64. The molecule has 2 aromatic rings. The van der Waals surface area contributed by atoms with Gasteiger partial charge in [0.1, 0.15) is 0 Å². The molecule has 0 spiro atoms. The van der Waals surface area contributed by atoms with E-state index in [1.54, 1.807) is 0 Å². The van der Waals surface area contributed by atoms with Crippen molar-refractivity contribution in [3.05, 3.63) is 71.8 Å². The maximum atomic E-state index is 3.91. The molecular weight excluding hydrogens is 292 g/mol. The number of fused-ring (bicyclic) bond motifs is 1. The van der Waals surface area contributed by atoms with E-state index in [1.165, 1.54) is 24.0 Å². The van der Waals surface area contributed by atoms with Crippen molar-refractivity contribution in [1.82, 2.24) is 10.6 Å². The lowest BCUT2D eigenvalue weighted by atomic mass is 9.72. The molecule has 0 aliphatic carbocycles. The number of rotatable bonds is 2. The quantitative estimate of drug-likeness (QED) is 0.853. The Morgan fingerprint density at radius 1 is 0.750 bits per heavy atom. The molecule has 0 amide bonds. The maximum Gasteiger partial charge on any atom is 0.0608 e. The molecule has 126 valence electrons. The smallest absolute Gasteiger partial charge is 0.0608 e. The van der Waals surface area contributed by atoms with Crippen LogP contribution in [0, 0.1) is 11.8 Å². The normalized spacial score (nSPS) is 36.1. The van der Waals surface area contributed by atoms with Gasteiger partial charge in [-0.25, -0.2) is 0 Å². The van der Waals surface area contributed by atoms with Gasteiger partial charge in [-0.3, -0.25) is 10.6 Å². The van der Waals surface area contributed by atoms with Crippen LogP contribution in [0.1, 0.15) is 49.8 Å². The van der Waals surface area contributed by atoms with Gasteiger partial charge in [-0.15, -0.1) is 0 Å². The van der Waals surface area contributed by atoms with Crippen molar-refractivity contribution in [3.8, 4) is 0 Å². The fraction of sp³-hybridized carbons (Fsp3) is 0.455. The highest BCUT2D eigenvalue weighted by Gasteiger charge is 2.41. The van der Waals surface area contributed by atoms with Crippen LogP contribution in [-0.4, -0.2) is 12.2 Å². The van der Waals surface area contributed by atoms with E-state index in [2.05, 4.69) is 85.1 Å². The first-order valence-corrected chi connectivity index (χ1v) is 9.34. The molecule has 2 aromatic carbocycles. The molecule has 0 radical (unpaired) electrons. The van der Waals surface area contributed by atoms with E-state index in [0.29, 0.717) is 36.0 Å². The highest BCUT2D eigenvalue weighted by atomic mass is 15.2. The second-order valence-electron chi connectivity index (χ2n) is 7.71. The van der Waals surface area contributed by atoms with E-state index in [1.807, 2.05) is 0 Å². The van der Waals surface area contributed by atoms with Gasteiger partial charge in [0.15, 0.2) is 0 Å². The largest absolute Gasteiger partial charge is 0.299 e. The zero-order chi connectivity index (χ0) is 16.5. The lowest BCUT2D eigenvalue weighted by molar-refractivity contribution is 0.0887. The van der Waals surface area contributed by atoms with Crippen LogP contribution >= 0.6 is 0 Å². The first kappa shape index (κ1) is 15.9. The Morgan fingerprint density at radius 2 is 1.38 bits per heavy atom. The molecule has 0 aromatic heterocycles. The number of benzene rings is 2. The minimum Gasteiger partial charge on any atom is -0.299 e. The first-order valence-electron chi connectivity index (χ1n) is 9.34. The topological polar surface area (TPSA) is 24.1 Å². The van der Waals surface area contributed by atoms with E-state index >= 15 is 0 Å². The van der Waals surface area contributed by atoms with Crippen LogP contribution in [0.5, 0.6) is 0 Å². The Labute approximate surface area is 145 Å². The predicted octanol–water partition coefficient (Wildman–Crippen LogP) is 4.47. The molecule has 6 unspecified atom stereocenters. The molecule has 2 fully saturated rings. The van der Waals surface area contributed by atoms with Gasteiger partial charge in [0.25, 0.3) is 0 Å². The molecule has 2 heteroatoms. The molecule has 24 heavy (non-hydrogen) atoms. The number of hydrogen-bond donors (Lipinski definition) is 2. The summed E-state index contributed by atoms with van der Waals surface area (Å²) in [6, 6.07) is 22.9. The zero-order valence-corrected chi connectivity index (χ0v) is 14.7. The summed E-state index contributed by atoms with van der Waals surface area (Å²) in [5.41, 5.74) is 2.90. The summed E-state index contributed by atoms with van der Waals surface area (Å²) >= 11 is 0. The van der Waals surface area contributed by atoms with Crippen molar-refractivity contribution in [2.45, 2.75) is 50.9 Å². The van der Waals surface area contributed by atoms with Crippen LogP contribution in [0.4, 0.5) is 0 Å². The minimum absolute atomic E-state index is 0.432. The molecule has 0 saturated carbocycles. The highest BCUT2D eigenvalue weighted by molar-refractivity contribution is 5.24. The lowest BCUT2D eigenvalue weighted by Crippen LogP contribution is -2.61. The van der Waals surface area contributed by atoms with Gasteiger partial charge in [0, 0.05) is 12.1 Å². The molecule has 2 saturated heterocycles. The van der Waals surface area contributed by atoms with Gasteiger partial charge in [-0.2, -0.15) is 0 Å². The van der Waals surface area contributed by atoms with Crippen molar-refractivity contribution in [2.24, 2.45) is 11.8 Å². The second-order valence-corrected chi connectivity index (χ2v) is 7.71. The van der Waals surface area contributed by atoms with Crippen molar-refractivity contribution >= 4 is 0 Å². The Balaban J connectivity index is 1.52. The third-order valence-corrected chi connectivity index (χ3v) is 6.06. The predicted molar refractivity (Wildman–Crippen MR) is 99.8 cm³/mol. The van der Waals surface area contributed by atoms with E-state index in [9.17, 15) is 0 Å². The average Bonchev–Trinajstić information content (AvgIpc) is 2.62. The number of piperidine rings is 2. The van der Waals surface area contributed by atoms with Crippen LogP contribution in [0.25, 0.3) is 0 Å². The van der Waals surface area contributed by atoms with Crippen LogP contribution in [-0.2, 0) is 0 Å². The van der Waals surface area contributed by atoms with E-state index < -0.39 is 0 Å². The summed E-state index contributed by atoms with van der Waals surface area (Å²) in [5.74, 6) is 2.00. The maximum absolute atomic E-state index is 3.91. The summed E-state index contributed by atoms with van der Waals surface area (Å²) in [6.07, 6.45) is 3.00. The van der Waals surface area contributed by atoms with Crippen molar-refractivity contribution in [2.75, 3.05) is 0 Å². The van der Waals surface area contributed by atoms with Crippen LogP contribution in [0.3, 0.4) is 0 Å².